The van der Waals surface area contributed by atoms with Crippen molar-refractivity contribution in [2.24, 2.45) is 5.73 Å². The van der Waals surface area contributed by atoms with Crippen molar-refractivity contribution in [1.29, 1.82) is 0 Å². The van der Waals surface area contributed by atoms with Crippen molar-refractivity contribution in [2.75, 3.05) is 0 Å². The summed E-state index contributed by atoms with van der Waals surface area (Å²) < 4.78 is 0. The molecule has 16 heavy (non-hydrogen) atoms. The molecule has 0 aliphatic heterocycles. The summed E-state index contributed by atoms with van der Waals surface area (Å²) in [7, 11) is 0. The second-order valence-corrected chi connectivity index (χ2v) is 4.16. The van der Waals surface area contributed by atoms with E-state index < -0.39 is 17.4 Å². The van der Waals surface area contributed by atoms with Crippen molar-refractivity contribution in [1.82, 2.24) is 0 Å². The lowest BCUT2D eigenvalue weighted by Crippen LogP contribution is -2.42. The summed E-state index contributed by atoms with van der Waals surface area (Å²) in [5.41, 5.74) is 6.94. The third-order valence-corrected chi connectivity index (χ3v) is 3.27. The monoisotopic (exact) mass is 215 g/mol. The van der Waals surface area contributed by atoms with Gasteiger partial charge in [0.15, 0.2) is 0 Å². The number of carboxylic acids is 1. The number of aliphatic carboxylic acids is 1. The molecule has 0 radical (unpaired) electrons. The maximum atomic E-state index is 11.0. The first-order chi connectivity index (χ1) is 7.62. The van der Waals surface area contributed by atoms with Gasteiger partial charge in [-0.2, -0.15) is 0 Å². The number of carbonyl (C=O) groups is 1. The van der Waals surface area contributed by atoms with Gasteiger partial charge >= 0.3 is 5.97 Å². The number of carboxylic acid groups (broad SMARTS) is 1. The van der Waals surface area contributed by atoms with Crippen molar-refractivity contribution in [3.63, 3.8) is 0 Å². The van der Waals surface area contributed by atoms with Gasteiger partial charge in [-0.15, -0.1) is 6.42 Å². The normalized spacial score (nSPS) is 18.5. The third-order valence-electron chi connectivity index (χ3n) is 3.27. The molecule has 0 amide bonds. The Bertz CT molecular complexity index is 469. The number of benzene rings is 1. The Morgan fingerprint density at radius 2 is 2.12 bits per heavy atom. The maximum Gasteiger partial charge on any atom is 0.321 e. The van der Waals surface area contributed by atoms with Gasteiger partial charge in [-0.25, -0.2) is 0 Å². The minimum atomic E-state index is -0.968. The number of hydrogen-bond donors (Lipinski definition) is 2. The molecule has 1 fully saturated rings. The van der Waals surface area contributed by atoms with E-state index in [1.807, 2.05) is 24.3 Å². The topological polar surface area (TPSA) is 63.3 Å². The molecule has 0 spiro atoms. The van der Waals surface area contributed by atoms with Gasteiger partial charge in [-0.05, 0) is 24.5 Å². The molecule has 0 saturated heterocycles. The average Bonchev–Trinajstić information content (AvgIpc) is 3.09. The van der Waals surface area contributed by atoms with Crippen LogP contribution in [-0.2, 0) is 10.2 Å². The van der Waals surface area contributed by atoms with E-state index in [-0.39, 0.29) is 0 Å². The molecule has 3 N–H and O–H groups in total. The molecule has 0 heterocycles. The average molecular weight is 215 g/mol. The lowest BCUT2D eigenvalue weighted by molar-refractivity contribution is -0.139. The second-order valence-electron chi connectivity index (χ2n) is 4.16. The maximum absolute atomic E-state index is 11.0. The Hall–Kier alpha value is -1.79. The number of hydrogen-bond acceptors (Lipinski definition) is 2. The van der Waals surface area contributed by atoms with Gasteiger partial charge in [0.2, 0.25) is 0 Å². The Labute approximate surface area is 94.3 Å². The summed E-state index contributed by atoms with van der Waals surface area (Å²) >= 11 is 0. The molecule has 1 aromatic rings. The van der Waals surface area contributed by atoms with Crippen molar-refractivity contribution in [3.05, 3.63) is 35.4 Å². The van der Waals surface area contributed by atoms with E-state index in [1.165, 1.54) is 0 Å². The summed E-state index contributed by atoms with van der Waals surface area (Å²) in [5.74, 6) is 1.62. The first-order valence-electron chi connectivity index (χ1n) is 5.16. The summed E-state index contributed by atoms with van der Waals surface area (Å²) in [5, 5.41) is 9.01. The number of nitrogens with two attached hydrogens (primary N) is 1. The van der Waals surface area contributed by atoms with E-state index in [0.29, 0.717) is 0 Å². The van der Waals surface area contributed by atoms with Gasteiger partial charge in [-0.1, -0.05) is 24.1 Å². The van der Waals surface area contributed by atoms with Crippen molar-refractivity contribution >= 4 is 5.97 Å². The third kappa shape index (κ3) is 1.48. The number of rotatable bonds is 3. The van der Waals surface area contributed by atoms with Gasteiger partial charge in [0.05, 0.1) is 0 Å². The molecule has 0 aromatic heterocycles. The lowest BCUT2D eigenvalue weighted by Gasteiger charge is -2.21. The smallest absolute Gasteiger partial charge is 0.321 e. The molecule has 3 heteroatoms. The summed E-state index contributed by atoms with van der Waals surface area (Å²) in [6.07, 6.45) is 6.99. The standard InChI is InChI=1S/C13H13NO2/c1-2-9-5-3-4-6-10(9)13(7-8-13)11(14)12(15)16/h1,3-6,11H,7-8,14H2,(H,15,16). The van der Waals surface area contributed by atoms with Crippen molar-refractivity contribution < 1.29 is 9.90 Å². The highest BCUT2D eigenvalue weighted by Gasteiger charge is 2.53. The van der Waals surface area contributed by atoms with E-state index in [2.05, 4.69) is 5.92 Å². The zero-order chi connectivity index (χ0) is 11.8. The molecule has 1 saturated carbocycles. The highest BCUT2D eigenvalue weighted by molar-refractivity contribution is 5.77. The molecule has 82 valence electrons. The van der Waals surface area contributed by atoms with Crippen LogP contribution in [0.25, 0.3) is 0 Å². The molecule has 1 atom stereocenters. The first kappa shape index (κ1) is 10.7. The summed E-state index contributed by atoms with van der Waals surface area (Å²) in [6.45, 7) is 0. The second kappa shape index (κ2) is 3.66. The molecular formula is C13H13NO2. The summed E-state index contributed by atoms with van der Waals surface area (Å²) in [6, 6.07) is 6.54. The lowest BCUT2D eigenvalue weighted by atomic mass is 9.85. The van der Waals surface area contributed by atoms with Crippen LogP contribution in [0.4, 0.5) is 0 Å². The quantitative estimate of drug-likeness (QED) is 0.742. The van der Waals surface area contributed by atoms with Crippen LogP contribution in [0.5, 0.6) is 0 Å². The predicted octanol–water partition coefficient (Wildman–Crippen LogP) is 1.11. The molecule has 2 rings (SSSR count). The van der Waals surface area contributed by atoms with Gasteiger partial charge < -0.3 is 10.8 Å². The van der Waals surface area contributed by atoms with Crippen LogP contribution in [0.15, 0.2) is 24.3 Å². The Morgan fingerprint density at radius 1 is 1.50 bits per heavy atom. The first-order valence-corrected chi connectivity index (χ1v) is 5.16. The Kier molecular flexibility index (Phi) is 2.45. The fourth-order valence-electron chi connectivity index (χ4n) is 2.16. The van der Waals surface area contributed by atoms with Crippen LogP contribution >= 0.6 is 0 Å². The SMILES string of the molecule is C#Cc1ccccc1C1(C(N)C(=O)O)CC1. The fourth-order valence-corrected chi connectivity index (χ4v) is 2.16. The van der Waals surface area contributed by atoms with Crippen LogP contribution in [0.2, 0.25) is 0 Å². The van der Waals surface area contributed by atoms with E-state index in [9.17, 15) is 4.79 Å². The van der Waals surface area contributed by atoms with Crippen LogP contribution in [0.1, 0.15) is 24.0 Å². The van der Waals surface area contributed by atoms with Crippen molar-refractivity contribution in [3.8, 4) is 12.3 Å². The minimum Gasteiger partial charge on any atom is -0.480 e. The van der Waals surface area contributed by atoms with E-state index >= 15 is 0 Å². The zero-order valence-electron chi connectivity index (χ0n) is 8.81. The molecule has 1 aliphatic carbocycles. The van der Waals surface area contributed by atoms with Gasteiger partial charge in [0, 0.05) is 11.0 Å². The van der Waals surface area contributed by atoms with Gasteiger partial charge in [-0.3, -0.25) is 4.79 Å². The molecule has 3 nitrogen and oxygen atoms in total. The Balaban J connectivity index is 2.45. The molecular weight excluding hydrogens is 202 g/mol. The largest absolute Gasteiger partial charge is 0.480 e. The van der Waals surface area contributed by atoms with E-state index in [0.717, 1.165) is 24.0 Å². The van der Waals surface area contributed by atoms with E-state index in [1.54, 1.807) is 0 Å². The molecule has 1 aromatic carbocycles. The highest BCUT2D eigenvalue weighted by atomic mass is 16.4. The predicted molar refractivity (Wildman–Crippen MR) is 60.9 cm³/mol. The Morgan fingerprint density at radius 3 is 2.62 bits per heavy atom. The van der Waals surface area contributed by atoms with Crippen LogP contribution in [0.3, 0.4) is 0 Å². The summed E-state index contributed by atoms with van der Waals surface area (Å²) in [4.78, 5) is 11.0. The van der Waals surface area contributed by atoms with Gasteiger partial charge in [0.1, 0.15) is 6.04 Å². The van der Waals surface area contributed by atoms with Crippen LogP contribution in [0, 0.1) is 12.3 Å². The van der Waals surface area contributed by atoms with Crippen molar-refractivity contribution in [2.45, 2.75) is 24.3 Å². The molecule has 1 aliphatic rings. The molecule has 0 bridgehead atoms. The van der Waals surface area contributed by atoms with Crippen LogP contribution in [-0.4, -0.2) is 17.1 Å². The van der Waals surface area contributed by atoms with E-state index in [4.69, 9.17) is 17.3 Å². The number of terminal acetylenes is 1. The van der Waals surface area contributed by atoms with Gasteiger partial charge in [0.25, 0.3) is 0 Å². The molecule has 1 unspecified atom stereocenters. The minimum absolute atomic E-state index is 0.450. The highest BCUT2D eigenvalue weighted by Crippen LogP contribution is 2.51. The zero-order valence-corrected chi connectivity index (χ0v) is 8.81. The van der Waals surface area contributed by atoms with Crippen LogP contribution < -0.4 is 5.73 Å². The fraction of sp³-hybridized carbons (Fsp3) is 0.308.